The molecule has 6 heteroatoms. The van der Waals surface area contributed by atoms with Gasteiger partial charge in [-0.25, -0.2) is 24.2 Å². The van der Waals surface area contributed by atoms with Crippen molar-refractivity contribution in [3.05, 3.63) is 12.2 Å². The average Bonchev–Trinajstić information content (AvgIpc) is 1.96. The molecule has 12 heavy (non-hydrogen) atoms. The second kappa shape index (κ2) is 4.89. The first-order chi connectivity index (χ1) is 5.52. The first-order valence-corrected chi connectivity index (χ1v) is 2.82. The molecule has 1 N–H and O–H groups in total. The second-order valence-electron chi connectivity index (χ2n) is 1.65. The third-order valence-corrected chi connectivity index (χ3v) is 0.603. The third-order valence-electron chi connectivity index (χ3n) is 0.603. The van der Waals surface area contributed by atoms with Gasteiger partial charge in [-0.2, -0.15) is 0 Å². The molecular weight excluding hydrogens is 168 g/mol. The molecule has 0 atom stereocenters. The first-order valence-electron chi connectivity index (χ1n) is 2.82. The van der Waals surface area contributed by atoms with Crippen molar-refractivity contribution in [2.75, 3.05) is 0 Å². The molecule has 0 heterocycles. The predicted molar refractivity (Wildman–Crippen MR) is 34.6 cm³/mol. The summed E-state index contributed by atoms with van der Waals surface area (Å²) >= 11 is 0. The van der Waals surface area contributed by atoms with E-state index in [0.717, 1.165) is 6.92 Å². The fourth-order valence-corrected chi connectivity index (χ4v) is 0.267. The highest BCUT2D eigenvalue weighted by Crippen LogP contribution is 1.84. The Labute approximate surface area is 67.3 Å². The molecule has 0 fully saturated rings. The zero-order valence-electron chi connectivity index (χ0n) is 6.14. The number of carbonyl (C=O) groups excluding carboxylic acids is 2. The molecule has 0 rings (SSSR count). The molecular formula is C6H6O6. The maximum absolute atomic E-state index is 10.4. The minimum atomic E-state index is -1.30. The number of carboxylic acid groups (broad SMARTS) is 1. The summed E-state index contributed by atoms with van der Waals surface area (Å²) in [6.45, 7) is 1.04. The molecule has 0 aliphatic carbocycles. The summed E-state index contributed by atoms with van der Waals surface area (Å²) in [6.07, 6.45) is 1.18. The molecule has 0 spiro atoms. The third kappa shape index (κ3) is 6.27. The molecule has 0 unspecified atom stereocenters. The minimum absolute atomic E-state index is 0.561. The van der Waals surface area contributed by atoms with E-state index in [1.54, 1.807) is 0 Å². The lowest BCUT2D eigenvalue weighted by Crippen LogP contribution is -2.06. The highest BCUT2D eigenvalue weighted by Gasteiger charge is 2.01. The number of hydrogen-bond donors (Lipinski definition) is 1. The van der Waals surface area contributed by atoms with Crippen LogP contribution in [-0.2, 0) is 24.2 Å². The van der Waals surface area contributed by atoms with E-state index in [9.17, 15) is 14.4 Å². The first kappa shape index (κ1) is 10.2. The van der Waals surface area contributed by atoms with Crippen molar-refractivity contribution in [1.82, 2.24) is 0 Å². The Morgan fingerprint density at radius 1 is 1.17 bits per heavy atom. The maximum atomic E-state index is 10.4. The Morgan fingerprint density at radius 3 is 2.17 bits per heavy atom. The Bertz CT molecular complexity index is 228. The maximum Gasteiger partial charge on any atom is 0.379 e. The number of rotatable bonds is 2. The van der Waals surface area contributed by atoms with Crippen LogP contribution in [0, 0.1) is 0 Å². The van der Waals surface area contributed by atoms with Crippen LogP contribution in [0.5, 0.6) is 0 Å². The Morgan fingerprint density at radius 2 is 1.75 bits per heavy atom. The van der Waals surface area contributed by atoms with Crippen molar-refractivity contribution >= 4 is 17.9 Å². The number of carbonyl (C=O) groups is 3. The Kier molecular flexibility index (Phi) is 4.13. The summed E-state index contributed by atoms with van der Waals surface area (Å²) in [4.78, 5) is 37.9. The number of carboxylic acids is 1. The summed E-state index contributed by atoms with van der Waals surface area (Å²) in [7, 11) is 0. The highest BCUT2D eigenvalue weighted by molar-refractivity contribution is 5.90. The summed E-state index contributed by atoms with van der Waals surface area (Å²) in [5, 5.41) is 8.04. The fourth-order valence-electron chi connectivity index (χ4n) is 0.267. The number of aliphatic carboxylic acids is 1. The van der Waals surface area contributed by atoms with Crippen LogP contribution in [0.2, 0.25) is 0 Å². The van der Waals surface area contributed by atoms with Crippen LogP contribution in [0.4, 0.5) is 0 Å². The van der Waals surface area contributed by atoms with Gasteiger partial charge in [0.05, 0.1) is 0 Å². The van der Waals surface area contributed by atoms with E-state index >= 15 is 0 Å². The van der Waals surface area contributed by atoms with Gasteiger partial charge in [0.15, 0.2) is 0 Å². The molecule has 0 amide bonds. The van der Waals surface area contributed by atoms with Crippen molar-refractivity contribution in [2.45, 2.75) is 6.92 Å². The van der Waals surface area contributed by atoms with E-state index in [0.29, 0.717) is 12.2 Å². The standard InChI is InChI=1S/C6H6O6/c1-4(7)11-12-6(10)3-2-5(8)9/h2-3H,1H3,(H,8,9)/b3-2-. The lowest BCUT2D eigenvalue weighted by molar-refractivity contribution is -0.253. The van der Waals surface area contributed by atoms with E-state index in [1.165, 1.54) is 0 Å². The summed E-state index contributed by atoms with van der Waals surface area (Å²) in [6, 6.07) is 0. The Balaban J connectivity index is 3.75. The van der Waals surface area contributed by atoms with Crippen LogP contribution in [0.25, 0.3) is 0 Å². The van der Waals surface area contributed by atoms with Gasteiger partial charge in [-0.3, -0.25) is 0 Å². The zero-order chi connectivity index (χ0) is 9.56. The average molecular weight is 174 g/mol. The van der Waals surface area contributed by atoms with Crippen LogP contribution >= 0.6 is 0 Å². The molecule has 0 aliphatic heterocycles. The van der Waals surface area contributed by atoms with Gasteiger partial charge in [-0.1, -0.05) is 0 Å². The molecule has 0 aromatic rings. The molecule has 66 valence electrons. The topological polar surface area (TPSA) is 89.9 Å². The fraction of sp³-hybridized carbons (Fsp3) is 0.167. The van der Waals surface area contributed by atoms with Gasteiger partial charge >= 0.3 is 17.9 Å². The van der Waals surface area contributed by atoms with Crippen LogP contribution < -0.4 is 0 Å². The van der Waals surface area contributed by atoms with Crippen LogP contribution in [-0.4, -0.2) is 23.0 Å². The van der Waals surface area contributed by atoms with Crippen LogP contribution in [0.15, 0.2) is 12.2 Å². The molecule has 0 aromatic carbocycles. The molecule has 6 nitrogen and oxygen atoms in total. The van der Waals surface area contributed by atoms with E-state index in [4.69, 9.17) is 5.11 Å². The number of hydrogen-bond acceptors (Lipinski definition) is 5. The smallest absolute Gasteiger partial charge is 0.379 e. The largest absolute Gasteiger partial charge is 0.478 e. The SMILES string of the molecule is CC(=O)OOC(=O)/C=C\C(=O)O. The normalized spacial score (nSPS) is 9.42. The van der Waals surface area contributed by atoms with Gasteiger partial charge in [0.25, 0.3) is 0 Å². The van der Waals surface area contributed by atoms with Crippen LogP contribution in [0.3, 0.4) is 0 Å². The highest BCUT2D eigenvalue weighted by atomic mass is 17.2. The second-order valence-corrected chi connectivity index (χ2v) is 1.65. The van der Waals surface area contributed by atoms with Gasteiger partial charge in [-0.15, -0.1) is 0 Å². The summed E-state index contributed by atoms with van der Waals surface area (Å²) in [5.41, 5.74) is 0. The zero-order valence-corrected chi connectivity index (χ0v) is 6.14. The molecule has 0 bridgehead atoms. The van der Waals surface area contributed by atoms with E-state index < -0.39 is 17.9 Å². The van der Waals surface area contributed by atoms with E-state index in [2.05, 4.69) is 9.78 Å². The van der Waals surface area contributed by atoms with Crippen molar-refractivity contribution in [2.24, 2.45) is 0 Å². The van der Waals surface area contributed by atoms with Gasteiger partial charge in [0.1, 0.15) is 0 Å². The molecule has 0 aromatic heterocycles. The monoisotopic (exact) mass is 174 g/mol. The van der Waals surface area contributed by atoms with Crippen molar-refractivity contribution < 1.29 is 29.3 Å². The molecule has 0 saturated heterocycles. The van der Waals surface area contributed by atoms with Gasteiger partial charge in [-0.05, 0) is 0 Å². The lowest BCUT2D eigenvalue weighted by atomic mass is 10.5. The quantitative estimate of drug-likeness (QED) is 0.349. The van der Waals surface area contributed by atoms with Gasteiger partial charge < -0.3 is 5.11 Å². The van der Waals surface area contributed by atoms with Crippen molar-refractivity contribution in [3.63, 3.8) is 0 Å². The predicted octanol–water partition coefficient (Wildman–Crippen LogP) is -0.351. The van der Waals surface area contributed by atoms with E-state index in [1.807, 2.05) is 0 Å². The van der Waals surface area contributed by atoms with Crippen molar-refractivity contribution in [3.8, 4) is 0 Å². The minimum Gasteiger partial charge on any atom is -0.478 e. The van der Waals surface area contributed by atoms with Gasteiger partial charge in [0.2, 0.25) is 0 Å². The molecule has 0 saturated carbocycles. The van der Waals surface area contributed by atoms with Gasteiger partial charge in [0, 0.05) is 19.1 Å². The lowest BCUT2D eigenvalue weighted by Gasteiger charge is -1.94. The summed E-state index contributed by atoms with van der Waals surface area (Å²) in [5.74, 6) is -3.16. The van der Waals surface area contributed by atoms with Crippen molar-refractivity contribution in [1.29, 1.82) is 0 Å². The molecule has 0 aliphatic rings. The Hall–Kier alpha value is -1.85. The van der Waals surface area contributed by atoms with Crippen LogP contribution in [0.1, 0.15) is 6.92 Å². The molecule has 0 radical (unpaired) electrons. The summed E-state index contributed by atoms with van der Waals surface area (Å²) < 4.78 is 0. The van der Waals surface area contributed by atoms with E-state index in [-0.39, 0.29) is 0 Å².